The van der Waals surface area contributed by atoms with Crippen LogP contribution >= 0.6 is 23.2 Å². The van der Waals surface area contributed by atoms with Crippen molar-refractivity contribution >= 4 is 29.0 Å². The van der Waals surface area contributed by atoms with Gasteiger partial charge in [0, 0.05) is 6.42 Å². The minimum Gasteiger partial charge on any atom is -0.490 e. The van der Waals surface area contributed by atoms with E-state index in [-0.39, 0.29) is 18.3 Å². The highest BCUT2D eigenvalue weighted by molar-refractivity contribution is 6.42. The molecule has 2 rings (SSSR count). The first-order valence-electron chi connectivity index (χ1n) is 6.70. The van der Waals surface area contributed by atoms with Crippen molar-refractivity contribution in [3.63, 3.8) is 0 Å². The lowest BCUT2D eigenvalue weighted by molar-refractivity contribution is 0.0987. The number of hydrogen-bond donors (Lipinski definition) is 0. The molecule has 0 unspecified atom stereocenters. The molecule has 0 aliphatic rings. The van der Waals surface area contributed by atoms with Gasteiger partial charge in [0.1, 0.15) is 5.75 Å². The topological polar surface area (TPSA) is 26.3 Å². The molecule has 2 aromatic carbocycles. The summed E-state index contributed by atoms with van der Waals surface area (Å²) in [6.45, 7) is 3.86. The van der Waals surface area contributed by atoms with Crippen LogP contribution < -0.4 is 4.74 Å². The molecule has 0 aliphatic carbocycles. The molecule has 0 aromatic heterocycles. The van der Waals surface area contributed by atoms with Crippen molar-refractivity contribution in [2.45, 2.75) is 26.4 Å². The number of hydrogen-bond acceptors (Lipinski definition) is 2. The van der Waals surface area contributed by atoms with E-state index < -0.39 is 0 Å². The molecule has 0 bridgehead atoms. The van der Waals surface area contributed by atoms with Gasteiger partial charge < -0.3 is 4.74 Å². The van der Waals surface area contributed by atoms with E-state index in [1.165, 1.54) is 0 Å². The third-order valence-electron chi connectivity index (χ3n) is 2.90. The molecule has 2 nitrogen and oxygen atoms in total. The van der Waals surface area contributed by atoms with Gasteiger partial charge in [0.25, 0.3) is 0 Å². The van der Waals surface area contributed by atoms with Gasteiger partial charge in [-0.15, -0.1) is 0 Å². The van der Waals surface area contributed by atoms with Crippen LogP contribution in [0.1, 0.15) is 29.8 Å². The van der Waals surface area contributed by atoms with Crippen LogP contribution in [-0.4, -0.2) is 11.9 Å². The highest BCUT2D eigenvalue weighted by Crippen LogP contribution is 2.25. The third kappa shape index (κ3) is 4.23. The Balaban J connectivity index is 2.22. The lowest BCUT2D eigenvalue weighted by atomic mass is 10.0. The van der Waals surface area contributed by atoms with Crippen molar-refractivity contribution in [3.8, 4) is 5.75 Å². The molecule has 0 N–H and O–H groups in total. The fourth-order valence-electron chi connectivity index (χ4n) is 1.98. The average molecular weight is 323 g/mol. The maximum Gasteiger partial charge on any atom is 0.170 e. The largest absolute Gasteiger partial charge is 0.490 e. The number of carbonyl (C=O) groups excluding carboxylic acids is 1. The predicted octanol–water partition coefficient (Wildman–Crippen LogP) is 5.21. The van der Waals surface area contributed by atoms with Crippen molar-refractivity contribution in [2.24, 2.45) is 0 Å². The van der Waals surface area contributed by atoms with Gasteiger partial charge in [-0.2, -0.15) is 0 Å². The molecule has 21 heavy (non-hydrogen) atoms. The number of carbonyl (C=O) groups is 1. The summed E-state index contributed by atoms with van der Waals surface area (Å²) in [5.41, 5.74) is 1.41. The SMILES string of the molecule is CC(C)Oc1ccccc1C(=O)Cc1ccc(Cl)c(Cl)c1. The summed E-state index contributed by atoms with van der Waals surface area (Å²) >= 11 is 11.9. The molecule has 0 radical (unpaired) electrons. The van der Waals surface area contributed by atoms with Gasteiger partial charge in [0.15, 0.2) is 5.78 Å². The Hall–Kier alpha value is -1.51. The van der Waals surface area contributed by atoms with E-state index in [4.69, 9.17) is 27.9 Å². The Morgan fingerprint density at radius 1 is 1.10 bits per heavy atom. The summed E-state index contributed by atoms with van der Waals surface area (Å²) in [6, 6.07) is 12.5. The lowest BCUT2D eigenvalue weighted by Crippen LogP contribution is -2.11. The van der Waals surface area contributed by atoms with Crippen LogP contribution in [-0.2, 0) is 6.42 Å². The molecular weight excluding hydrogens is 307 g/mol. The maximum atomic E-state index is 12.5. The monoisotopic (exact) mass is 322 g/mol. The van der Waals surface area contributed by atoms with Crippen LogP contribution in [0.5, 0.6) is 5.75 Å². The second-order valence-corrected chi connectivity index (χ2v) is 5.83. The standard InChI is InChI=1S/C17H16Cl2O2/c1-11(2)21-17-6-4-3-5-13(17)16(20)10-12-7-8-14(18)15(19)9-12/h3-9,11H,10H2,1-2H3. The molecule has 0 saturated heterocycles. The molecule has 0 amide bonds. The Morgan fingerprint density at radius 2 is 1.81 bits per heavy atom. The van der Waals surface area contributed by atoms with Crippen molar-refractivity contribution in [1.29, 1.82) is 0 Å². The van der Waals surface area contributed by atoms with Crippen molar-refractivity contribution in [2.75, 3.05) is 0 Å². The zero-order chi connectivity index (χ0) is 15.4. The normalized spacial score (nSPS) is 10.7. The first-order chi connectivity index (χ1) is 9.97. The highest BCUT2D eigenvalue weighted by Gasteiger charge is 2.14. The quantitative estimate of drug-likeness (QED) is 0.706. The van der Waals surface area contributed by atoms with E-state index >= 15 is 0 Å². The Morgan fingerprint density at radius 3 is 2.48 bits per heavy atom. The molecule has 0 heterocycles. The molecule has 0 aliphatic heterocycles. The Kier molecular flexibility index (Phi) is 5.27. The summed E-state index contributed by atoms with van der Waals surface area (Å²) in [6.07, 6.45) is 0.277. The van der Waals surface area contributed by atoms with Gasteiger partial charge in [-0.25, -0.2) is 0 Å². The highest BCUT2D eigenvalue weighted by atomic mass is 35.5. The van der Waals surface area contributed by atoms with E-state index in [2.05, 4.69) is 0 Å². The van der Waals surface area contributed by atoms with Gasteiger partial charge >= 0.3 is 0 Å². The van der Waals surface area contributed by atoms with Gasteiger partial charge in [-0.1, -0.05) is 41.4 Å². The first-order valence-corrected chi connectivity index (χ1v) is 7.46. The van der Waals surface area contributed by atoms with Gasteiger partial charge in [0.05, 0.1) is 21.7 Å². The molecule has 110 valence electrons. The molecule has 0 fully saturated rings. The van der Waals surface area contributed by atoms with E-state index in [9.17, 15) is 4.79 Å². The van der Waals surface area contributed by atoms with Crippen molar-refractivity contribution < 1.29 is 9.53 Å². The summed E-state index contributed by atoms with van der Waals surface area (Å²) in [7, 11) is 0. The molecule has 0 spiro atoms. The van der Waals surface area contributed by atoms with Gasteiger partial charge in [-0.3, -0.25) is 4.79 Å². The summed E-state index contributed by atoms with van der Waals surface area (Å²) < 4.78 is 5.68. The average Bonchev–Trinajstić information content (AvgIpc) is 2.43. The zero-order valence-electron chi connectivity index (χ0n) is 11.9. The second kappa shape index (κ2) is 6.97. The van der Waals surface area contributed by atoms with Crippen molar-refractivity contribution in [3.05, 3.63) is 63.6 Å². The van der Waals surface area contributed by atoms with Crippen LogP contribution in [0.15, 0.2) is 42.5 Å². The van der Waals surface area contributed by atoms with Gasteiger partial charge in [-0.05, 0) is 43.7 Å². The number of rotatable bonds is 5. The minimum atomic E-state index is -0.00959. The second-order valence-electron chi connectivity index (χ2n) is 5.01. The number of halogens is 2. The Labute approximate surface area is 134 Å². The zero-order valence-corrected chi connectivity index (χ0v) is 13.4. The first kappa shape index (κ1) is 15.9. The Bertz CT molecular complexity index is 651. The van der Waals surface area contributed by atoms with Crippen LogP contribution in [0.4, 0.5) is 0 Å². The van der Waals surface area contributed by atoms with Crippen LogP contribution in [0.2, 0.25) is 10.0 Å². The molecule has 4 heteroatoms. The number of ether oxygens (including phenoxy) is 1. The smallest absolute Gasteiger partial charge is 0.170 e. The van der Waals surface area contributed by atoms with E-state index in [0.29, 0.717) is 21.4 Å². The van der Waals surface area contributed by atoms with Crippen LogP contribution in [0, 0.1) is 0 Å². The number of Topliss-reactive ketones (excluding diaryl/α,β-unsaturated/α-hetero) is 1. The van der Waals surface area contributed by atoms with Crippen molar-refractivity contribution in [1.82, 2.24) is 0 Å². The summed E-state index contributed by atoms with van der Waals surface area (Å²) in [4.78, 5) is 12.5. The molecular formula is C17H16Cl2O2. The third-order valence-corrected chi connectivity index (χ3v) is 3.64. The minimum absolute atomic E-state index is 0.00959. The molecule has 2 aromatic rings. The summed E-state index contributed by atoms with van der Waals surface area (Å²) in [5, 5.41) is 0.935. The number of ketones is 1. The lowest BCUT2D eigenvalue weighted by Gasteiger charge is -2.13. The van der Waals surface area contributed by atoms with Crippen LogP contribution in [0.3, 0.4) is 0 Å². The van der Waals surface area contributed by atoms with Gasteiger partial charge in [0.2, 0.25) is 0 Å². The predicted molar refractivity (Wildman–Crippen MR) is 86.7 cm³/mol. The number of benzene rings is 2. The van der Waals surface area contributed by atoms with E-state index in [1.807, 2.05) is 32.0 Å². The molecule has 0 saturated carbocycles. The van der Waals surface area contributed by atoms with E-state index in [1.54, 1.807) is 24.3 Å². The summed E-state index contributed by atoms with van der Waals surface area (Å²) in [5.74, 6) is 0.599. The maximum absolute atomic E-state index is 12.5. The fourth-order valence-corrected chi connectivity index (χ4v) is 2.30. The molecule has 0 atom stereocenters. The van der Waals surface area contributed by atoms with E-state index in [0.717, 1.165) is 5.56 Å². The van der Waals surface area contributed by atoms with Crippen LogP contribution in [0.25, 0.3) is 0 Å². The number of para-hydroxylation sites is 1. The fraction of sp³-hybridized carbons (Fsp3) is 0.235.